The average molecular weight is 281 g/mol. The highest BCUT2D eigenvalue weighted by molar-refractivity contribution is 5.94. The van der Waals surface area contributed by atoms with Crippen molar-refractivity contribution in [2.24, 2.45) is 4.99 Å². The molecule has 0 N–H and O–H groups in total. The summed E-state index contributed by atoms with van der Waals surface area (Å²) in [6.45, 7) is 0.177. The Labute approximate surface area is 123 Å². The van der Waals surface area contributed by atoms with E-state index in [1.54, 1.807) is 0 Å². The van der Waals surface area contributed by atoms with E-state index in [1.807, 2.05) is 48.5 Å². The van der Waals surface area contributed by atoms with E-state index in [0.717, 1.165) is 17.5 Å². The Bertz CT molecular complexity index is 697. The molecule has 2 aromatic rings. The van der Waals surface area contributed by atoms with Crippen LogP contribution >= 0.6 is 0 Å². The molecule has 0 aromatic heterocycles. The van der Waals surface area contributed by atoms with E-state index in [2.05, 4.69) is 11.1 Å². The molecule has 0 saturated carbocycles. The van der Waals surface area contributed by atoms with Crippen molar-refractivity contribution in [2.45, 2.75) is 24.6 Å². The molecule has 2 aromatic carbocycles. The number of aryl methyl sites for hydroxylation is 1. The van der Waals surface area contributed by atoms with Crippen molar-refractivity contribution in [1.82, 2.24) is 0 Å². The largest absolute Gasteiger partial charge is 0.466 e. The Balaban J connectivity index is 1.75. The van der Waals surface area contributed by atoms with Crippen molar-refractivity contribution in [3.05, 3.63) is 71.3 Å². The number of nitrogens with zero attached hydrogens (tertiary/aromatic N) is 1. The maximum atomic E-state index is 15.2. The van der Waals surface area contributed by atoms with E-state index in [-0.39, 0.29) is 6.54 Å². The van der Waals surface area contributed by atoms with Gasteiger partial charge in [0.15, 0.2) is 11.8 Å². The van der Waals surface area contributed by atoms with Crippen LogP contribution in [0.5, 0.6) is 0 Å². The molecule has 21 heavy (non-hydrogen) atoms. The summed E-state index contributed by atoms with van der Waals surface area (Å²) in [5.74, 6) is 0.547. The lowest BCUT2D eigenvalue weighted by molar-refractivity contribution is -0.0209. The number of fused-ring (bicyclic) bond motifs is 3. The van der Waals surface area contributed by atoms with Crippen LogP contribution in [0.1, 0.15) is 29.2 Å². The van der Waals surface area contributed by atoms with E-state index in [0.29, 0.717) is 12.3 Å². The number of alkyl halides is 1. The van der Waals surface area contributed by atoms with Crippen molar-refractivity contribution in [2.75, 3.05) is 6.54 Å². The smallest absolute Gasteiger partial charge is 0.216 e. The van der Waals surface area contributed by atoms with Crippen molar-refractivity contribution < 1.29 is 9.13 Å². The Morgan fingerprint density at radius 1 is 1.05 bits per heavy atom. The predicted octanol–water partition coefficient (Wildman–Crippen LogP) is 3.86. The molecule has 2 atom stereocenters. The quantitative estimate of drug-likeness (QED) is 0.778. The van der Waals surface area contributed by atoms with Crippen LogP contribution in [-0.4, -0.2) is 18.1 Å². The van der Waals surface area contributed by atoms with Crippen LogP contribution in [-0.2, 0) is 11.2 Å². The fourth-order valence-corrected chi connectivity index (χ4v) is 3.19. The first-order valence-electron chi connectivity index (χ1n) is 7.29. The van der Waals surface area contributed by atoms with Crippen molar-refractivity contribution in [3.8, 4) is 0 Å². The van der Waals surface area contributed by atoms with Gasteiger partial charge >= 0.3 is 0 Å². The molecule has 3 heteroatoms. The molecule has 0 radical (unpaired) electrons. The van der Waals surface area contributed by atoms with E-state index in [9.17, 15) is 0 Å². The molecular weight excluding hydrogens is 265 g/mol. The molecule has 0 spiro atoms. The first-order chi connectivity index (χ1) is 10.3. The van der Waals surface area contributed by atoms with Gasteiger partial charge in [0, 0.05) is 5.56 Å². The number of hydrogen-bond acceptors (Lipinski definition) is 2. The SMILES string of the molecule is F[C@]12CCc3ccccc3[C@H]1OC(c1ccccc1)=NC2. The third-order valence-electron chi connectivity index (χ3n) is 4.35. The van der Waals surface area contributed by atoms with Crippen molar-refractivity contribution in [3.63, 3.8) is 0 Å². The second kappa shape index (κ2) is 4.69. The summed E-state index contributed by atoms with van der Waals surface area (Å²) in [6.07, 6.45) is 0.679. The van der Waals surface area contributed by atoms with Crippen LogP contribution in [0, 0.1) is 0 Å². The minimum atomic E-state index is -1.38. The summed E-state index contributed by atoms with van der Waals surface area (Å²) in [4.78, 5) is 4.35. The van der Waals surface area contributed by atoms with Gasteiger partial charge in [0.25, 0.3) is 0 Å². The second-order valence-electron chi connectivity index (χ2n) is 5.72. The van der Waals surface area contributed by atoms with E-state index in [1.165, 1.54) is 5.56 Å². The monoisotopic (exact) mass is 281 g/mol. The van der Waals surface area contributed by atoms with Gasteiger partial charge in [0.1, 0.15) is 0 Å². The van der Waals surface area contributed by atoms with Gasteiger partial charge in [0.2, 0.25) is 5.90 Å². The maximum Gasteiger partial charge on any atom is 0.216 e. The molecule has 1 aliphatic heterocycles. The summed E-state index contributed by atoms with van der Waals surface area (Å²) >= 11 is 0. The molecule has 0 unspecified atom stereocenters. The Kier molecular flexibility index (Phi) is 2.81. The lowest BCUT2D eigenvalue weighted by Crippen LogP contribution is -2.44. The van der Waals surface area contributed by atoms with Crippen LogP contribution in [0.2, 0.25) is 0 Å². The summed E-state index contributed by atoms with van der Waals surface area (Å²) in [5.41, 5.74) is 1.68. The number of ether oxygens (including phenoxy) is 1. The summed E-state index contributed by atoms with van der Waals surface area (Å²) in [5, 5.41) is 0. The van der Waals surface area contributed by atoms with Crippen molar-refractivity contribution in [1.29, 1.82) is 0 Å². The van der Waals surface area contributed by atoms with Gasteiger partial charge in [-0.05, 0) is 36.1 Å². The average Bonchev–Trinajstić information content (AvgIpc) is 2.55. The highest BCUT2D eigenvalue weighted by atomic mass is 19.1. The first kappa shape index (κ1) is 12.6. The zero-order valence-electron chi connectivity index (χ0n) is 11.6. The second-order valence-corrected chi connectivity index (χ2v) is 5.72. The number of benzene rings is 2. The zero-order valence-corrected chi connectivity index (χ0v) is 11.6. The fraction of sp³-hybridized carbons (Fsp3) is 0.278. The van der Waals surface area contributed by atoms with Gasteiger partial charge in [-0.15, -0.1) is 0 Å². The maximum absolute atomic E-state index is 15.2. The molecule has 0 amide bonds. The topological polar surface area (TPSA) is 21.6 Å². The summed E-state index contributed by atoms with van der Waals surface area (Å²) < 4.78 is 21.1. The van der Waals surface area contributed by atoms with Crippen LogP contribution in [0.15, 0.2) is 59.6 Å². The van der Waals surface area contributed by atoms with Gasteiger partial charge in [-0.2, -0.15) is 0 Å². The number of hydrogen-bond donors (Lipinski definition) is 0. The van der Waals surface area contributed by atoms with Gasteiger partial charge in [-0.1, -0.05) is 42.5 Å². The zero-order chi connectivity index (χ0) is 14.3. The fourth-order valence-electron chi connectivity index (χ4n) is 3.19. The number of rotatable bonds is 1. The molecule has 1 heterocycles. The molecule has 1 aliphatic carbocycles. The predicted molar refractivity (Wildman–Crippen MR) is 80.3 cm³/mol. The highest BCUT2D eigenvalue weighted by Gasteiger charge is 2.48. The van der Waals surface area contributed by atoms with Crippen LogP contribution in [0.3, 0.4) is 0 Å². The lowest BCUT2D eigenvalue weighted by Gasteiger charge is -2.40. The Morgan fingerprint density at radius 2 is 1.81 bits per heavy atom. The third kappa shape index (κ3) is 2.04. The highest BCUT2D eigenvalue weighted by Crippen LogP contribution is 2.45. The number of aliphatic imine (C=N–C) groups is 1. The standard InChI is InChI=1S/C18H16FNO/c19-18-11-10-13-6-4-5-9-15(13)16(18)21-17(20-12-18)14-7-2-1-3-8-14/h1-9,16H,10-12H2/t16-,18+/m1/s1. The van der Waals surface area contributed by atoms with Gasteiger partial charge < -0.3 is 4.74 Å². The van der Waals surface area contributed by atoms with Crippen LogP contribution in [0.25, 0.3) is 0 Å². The Hall–Kier alpha value is -2.16. The van der Waals surface area contributed by atoms with E-state index >= 15 is 4.39 Å². The van der Waals surface area contributed by atoms with Crippen molar-refractivity contribution >= 4 is 5.90 Å². The van der Waals surface area contributed by atoms with Crippen LogP contribution < -0.4 is 0 Å². The molecule has 2 nitrogen and oxygen atoms in total. The van der Waals surface area contributed by atoms with Gasteiger partial charge in [0.05, 0.1) is 6.54 Å². The molecule has 0 saturated heterocycles. The molecular formula is C18H16FNO. The lowest BCUT2D eigenvalue weighted by atomic mass is 9.78. The minimum absolute atomic E-state index is 0.177. The molecule has 106 valence electrons. The summed E-state index contributed by atoms with van der Waals surface area (Å²) in [7, 11) is 0. The normalized spacial score (nSPS) is 27.1. The third-order valence-corrected chi connectivity index (χ3v) is 4.35. The molecule has 2 aliphatic rings. The van der Waals surface area contributed by atoms with Crippen LogP contribution in [0.4, 0.5) is 4.39 Å². The molecule has 0 fully saturated rings. The van der Waals surface area contributed by atoms with Gasteiger partial charge in [-0.25, -0.2) is 9.38 Å². The Morgan fingerprint density at radius 3 is 2.67 bits per heavy atom. The minimum Gasteiger partial charge on any atom is -0.466 e. The number of halogens is 1. The summed E-state index contributed by atoms with van der Waals surface area (Å²) in [6, 6.07) is 17.7. The van der Waals surface area contributed by atoms with E-state index in [4.69, 9.17) is 4.74 Å². The molecule has 0 bridgehead atoms. The van der Waals surface area contributed by atoms with Gasteiger partial charge in [-0.3, -0.25) is 0 Å². The first-order valence-corrected chi connectivity index (χ1v) is 7.29. The molecule has 4 rings (SSSR count). The van der Waals surface area contributed by atoms with E-state index < -0.39 is 11.8 Å².